The summed E-state index contributed by atoms with van der Waals surface area (Å²) in [5, 5.41) is 3.12. The number of carbonyl (C=O) groups excluding carboxylic acids is 1. The molecule has 25 heavy (non-hydrogen) atoms. The first kappa shape index (κ1) is 17.3. The first-order valence-corrected chi connectivity index (χ1v) is 8.71. The molecule has 1 aliphatic rings. The lowest BCUT2D eigenvalue weighted by Gasteiger charge is -2.33. The van der Waals surface area contributed by atoms with E-state index >= 15 is 0 Å². The van der Waals surface area contributed by atoms with Crippen LogP contribution in [0.5, 0.6) is 0 Å². The molecule has 3 rings (SSSR count). The molecule has 1 amide bonds. The van der Waals surface area contributed by atoms with E-state index in [1.165, 1.54) is 0 Å². The van der Waals surface area contributed by atoms with Crippen molar-refractivity contribution in [2.24, 2.45) is 5.92 Å². The van der Waals surface area contributed by atoms with Gasteiger partial charge in [-0.15, -0.1) is 0 Å². The van der Waals surface area contributed by atoms with Crippen molar-refractivity contribution in [1.82, 2.24) is 24.8 Å². The molecule has 1 unspecified atom stereocenters. The monoisotopic (exact) mass is 340 g/mol. The van der Waals surface area contributed by atoms with Crippen LogP contribution in [-0.4, -0.2) is 43.8 Å². The number of rotatable bonds is 4. The number of piperidine rings is 1. The van der Waals surface area contributed by atoms with E-state index in [-0.39, 0.29) is 17.7 Å². The summed E-state index contributed by atoms with van der Waals surface area (Å²) in [5.41, 5.74) is 0.965. The Labute approximate surface area is 147 Å². The number of carbonyl (C=O) groups is 1. The van der Waals surface area contributed by atoms with E-state index in [0.29, 0.717) is 17.6 Å². The van der Waals surface area contributed by atoms with Crippen molar-refractivity contribution in [3.05, 3.63) is 36.0 Å². The van der Waals surface area contributed by atoms with Gasteiger partial charge in [0.1, 0.15) is 11.6 Å². The summed E-state index contributed by atoms with van der Waals surface area (Å²) in [6.07, 6.45) is 5.39. The average Bonchev–Trinajstić information content (AvgIpc) is 2.61. The SMILES string of the molecule is Cc1nc(Nc2ncccn2)cc(C2CCCN(C(=O)C(C)C)C2)n1. The Morgan fingerprint density at radius 2 is 2.04 bits per heavy atom. The highest BCUT2D eigenvalue weighted by atomic mass is 16.2. The molecule has 1 aliphatic heterocycles. The average molecular weight is 340 g/mol. The molecular formula is C18H24N6O. The van der Waals surface area contributed by atoms with Crippen molar-refractivity contribution in [2.75, 3.05) is 18.4 Å². The molecule has 0 saturated carbocycles. The minimum atomic E-state index is 0.0262. The van der Waals surface area contributed by atoms with Crippen LogP contribution in [0.15, 0.2) is 24.5 Å². The van der Waals surface area contributed by atoms with Gasteiger partial charge in [0.25, 0.3) is 0 Å². The van der Waals surface area contributed by atoms with E-state index in [9.17, 15) is 4.79 Å². The molecule has 132 valence electrons. The molecule has 0 bridgehead atoms. The molecule has 1 fully saturated rings. The minimum Gasteiger partial charge on any atom is -0.342 e. The lowest BCUT2D eigenvalue weighted by molar-refractivity contribution is -0.135. The fourth-order valence-corrected chi connectivity index (χ4v) is 3.13. The van der Waals surface area contributed by atoms with Crippen LogP contribution in [0.3, 0.4) is 0 Å². The van der Waals surface area contributed by atoms with Crippen molar-refractivity contribution >= 4 is 17.7 Å². The van der Waals surface area contributed by atoms with Crippen LogP contribution in [0.2, 0.25) is 0 Å². The molecule has 2 aromatic heterocycles. The van der Waals surface area contributed by atoms with Crippen molar-refractivity contribution < 1.29 is 4.79 Å². The van der Waals surface area contributed by atoms with Gasteiger partial charge in [-0.25, -0.2) is 19.9 Å². The van der Waals surface area contributed by atoms with Gasteiger partial charge in [0.15, 0.2) is 0 Å². The van der Waals surface area contributed by atoms with Gasteiger partial charge in [0.2, 0.25) is 11.9 Å². The van der Waals surface area contributed by atoms with Crippen LogP contribution in [0.25, 0.3) is 0 Å². The number of nitrogens with zero attached hydrogens (tertiary/aromatic N) is 5. The predicted molar refractivity (Wildman–Crippen MR) is 95.5 cm³/mol. The van der Waals surface area contributed by atoms with Crippen LogP contribution in [0.1, 0.15) is 44.1 Å². The van der Waals surface area contributed by atoms with Crippen LogP contribution in [-0.2, 0) is 4.79 Å². The Bertz CT molecular complexity index is 734. The van der Waals surface area contributed by atoms with E-state index < -0.39 is 0 Å². The minimum absolute atomic E-state index is 0.0262. The second-order valence-electron chi connectivity index (χ2n) is 6.70. The highest BCUT2D eigenvalue weighted by Crippen LogP contribution is 2.28. The number of likely N-dealkylation sites (tertiary alicyclic amines) is 1. The normalized spacial score (nSPS) is 17.6. The lowest BCUT2D eigenvalue weighted by Crippen LogP contribution is -2.41. The van der Waals surface area contributed by atoms with Crippen molar-refractivity contribution in [3.63, 3.8) is 0 Å². The molecule has 7 nitrogen and oxygen atoms in total. The summed E-state index contributed by atoms with van der Waals surface area (Å²) in [4.78, 5) is 31.6. The number of nitrogens with one attached hydrogen (secondary N) is 1. The number of aromatic nitrogens is 4. The molecule has 0 spiro atoms. The molecule has 0 radical (unpaired) electrons. The first-order chi connectivity index (χ1) is 12.0. The largest absolute Gasteiger partial charge is 0.342 e. The van der Waals surface area contributed by atoms with Gasteiger partial charge in [0, 0.05) is 43.4 Å². The zero-order valence-corrected chi connectivity index (χ0v) is 14.9. The fourth-order valence-electron chi connectivity index (χ4n) is 3.13. The molecule has 7 heteroatoms. The molecule has 3 heterocycles. The molecule has 1 saturated heterocycles. The molecule has 1 atom stereocenters. The van der Waals surface area contributed by atoms with E-state index in [0.717, 1.165) is 31.6 Å². The van der Waals surface area contributed by atoms with Gasteiger partial charge in [-0.2, -0.15) is 0 Å². The van der Waals surface area contributed by atoms with Gasteiger partial charge in [-0.3, -0.25) is 4.79 Å². The molecule has 0 aliphatic carbocycles. The Hall–Kier alpha value is -2.57. The molecule has 0 aromatic carbocycles. The van der Waals surface area contributed by atoms with E-state index in [4.69, 9.17) is 0 Å². The fraction of sp³-hybridized carbons (Fsp3) is 0.500. The summed E-state index contributed by atoms with van der Waals surface area (Å²) >= 11 is 0. The van der Waals surface area contributed by atoms with E-state index in [1.807, 2.05) is 31.7 Å². The molecular weight excluding hydrogens is 316 g/mol. The van der Waals surface area contributed by atoms with Crippen LogP contribution in [0, 0.1) is 12.8 Å². The van der Waals surface area contributed by atoms with Crippen LogP contribution in [0.4, 0.5) is 11.8 Å². The Kier molecular flexibility index (Phi) is 5.21. The van der Waals surface area contributed by atoms with Gasteiger partial charge in [-0.05, 0) is 25.8 Å². The van der Waals surface area contributed by atoms with Gasteiger partial charge < -0.3 is 10.2 Å². The van der Waals surface area contributed by atoms with Gasteiger partial charge >= 0.3 is 0 Å². The Balaban J connectivity index is 1.78. The zero-order chi connectivity index (χ0) is 17.8. The number of hydrogen-bond acceptors (Lipinski definition) is 6. The predicted octanol–water partition coefficient (Wildman–Crippen LogP) is 2.68. The third-order valence-corrected chi connectivity index (χ3v) is 4.31. The third kappa shape index (κ3) is 4.29. The highest BCUT2D eigenvalue weighted by molar-refractivity contribution is 5.78. The first-order valence-electron chi connectivity index (χ1n) is 8.71. The van der Waals surface area contributed by atoms with Gasteiger partial charge in [0.05, 0.1) is 5.69 Å². The molecule has 1 N–H and O–H groups in total. The summed E-state index contributed by atoms with van der Waals surface area (Å²) in [6.45, 7) is 7.32. The third-order valence-electron chi connectivity index (χ3n) is 4.31. The lowest BCUT2D eigenvalue weighted by atomic mass is 9.93. The van der Waals surface area contributed by atoms with E-state index in [2.05, 4.69) is 25.3 Å². The Morgan fingerprint density at radius 1 is 1.28 bits per heavy atom. The summed E-state index contributed by atoms with van der Waals surface area (Å²) in [7, 11) is 0. The highest BCUT2D eigenvalue weighted by Gasteiger charge is 2.27. The number of anilines is 2. The summed E-state index contributed by atoms with van der Waals surface area (Å²) in [6, 6.07) is 3.71. The summed E-state index contributed by atoms with van der Waals surface area (Å²) in [5.74, 6) is 2.36. The van der Waals surface area contributed by atoms with Crippen molar-refractivity contribution in [2.45, 2.75) is 39.5 Å². The number of aryl methyl sites for hydroxylation is 1. The maximum absolute atomic E-state index is 12.3. The second-order valence-corrected chi connectivity index (χ2v) is 6.70. The maximum Gasteiger partial charge on any atom is 0.228 e. The quantitative estimate of drug-likeness (QED) is 0.921. The topological polar surface area (TPSA) is 83.9 Å². The Morgan fingerprint density at radius 3 is 2.76 bits per heavy atom. The smallest absolute Gasteiger partial charge is 0.228 e. The van der Waals surface area contributed by atoms with Crippen LogP contribution >= 0.6 is 0 Å². The van der Waals surface area contributed by atoms with Gasteiger partial charge in [-0.1, -0.05) is 13.8 Å². The summed E-state index contributed by atoms with van der Waals surface area (Å²) < 4.78 is 0. The van der Waals surface area contributed by atoms with Crippen molar-refractivity contribution in [3.8, 4) is 0 Å². The maximum atomic E-state index is 12.3. The molecule has 2 aromatic rings. The standard InChI is InChI=1S/C18H24N6O/c1-12(2)17(25)24-9-4-6-14(11-24)15-10-16(22-13(3)21-15)23-18-19-7-5-8-20-18/h5,7-8,10,12,14H,4,6,9,11H2,1-3H3,(H,19,20,21,22,23). The number of amides is 1. The van der Waals surface area contributed by atoms with Crippen LogP contribution < -0.4 is 5.32 Å². The second kappa shape index (κ2) is 7.55. The van der Waals surface area contributed by atoms with E-state index in [1.54, 1.807) is 18.5 Å². The zero-order valence-electron chi connectivity index (χ0n) is 14.9. The number of hydrogen-bond donors (Lipinski definition) is 1. The van der Waals surface area contributed by atoms with Crippen molar-refractivity contribution in [1.29, 1.82) is 0 Å².